The van der Waals surface area contributed by atoms with Gasteiger partial charge in [0.25, 0.3) is 15.9 Å². The van der Waals surface area contributed by atoms with Crippen LogP contribution in [0.25, 0.3) is 0 Å². The van der Waals surface area contributed by atoms with Gasteiger partial charge in [0, 0.05) is 43.9 Å². The van der Waals surface area contributed by atoms with E-state index < -0.39 is 10.0 Å². The number of nitrogens with one attached hydrogen (secondary N) is 1. The number of carbonyl (C=O) groups excluding carboxylic acids is 2. The minimum atomic E-state index is -3.83. The number of benzene rings is 2. The highest BCUT2D eigenvalue weighted by atomic mass is 32.2. The lowest BCUT2D eigenvalue weighted by molar-refractivity contribution is -0.132. The summed E-state index contributed by atoms with van der Waals surface area (Å²) in [6.07, 6.45) is 0.445. The number of aryl methyl sites for hydroxylation is 2. The molecule has 0 spiro atoms. The second kappa shape index (κ2) is 8.87. The van der Waals surface area contributed by atoms with E-state index in [-0.39, 0.29) is 16.7 Å². The van der Waals surface area contributed by atoms with Gasteiger partial charge in [-0.25, -0.2) is 8.42 Å². The predicted octanol–water partition coefficient (Wildman–Crippen LogP) is 2.80. The maximum absolute atomic E-state index is 13.1. The molecule has 0 aliphatic carbocycles. The smallest absolute Gasteiger partial charge is 0.261 e. The molecule has 0 saturated carbocycles. The van der Waals surface area contributed by atoms with Crippen molar-refractivity contribution in [1.82, 2.24) is 9.80 Å². The standard InChI is InChI=1S/C22H27N3O4S/c1-4-21(26)24-10-12-25(13-11-24)22(27)20-15-19(9-8-17(20)3)30(28,29)23-18-7-5-6-16(2)14-18/h5-9,14-15,23H,4,10-13H2,1-3H3. The molecule has 2 amide bonds. The molecule has 0 unspecified atom stereocenters. The molecule has 30 heavy (non-hydrogen) atoms. The van der Waals surface area contributed by atoms with Crippen LogP contribution in [0.1, 0.15) is 34.8 Å². The van der Waals surface area contributed by atoms with Crippen molar-refractivity contribution in [3.05, 3.63) is 59.2 Å². The Morgan fingerprint density at radius 1 is 0.967 bits per heavy atom. The monoisotopic (exact) mass is 429 g/mol. The molecule has 2 aromatic rings. The van der Waals surface area contributed by atoms with Gasteiger partial charge in [0.2, 0.25) is 5.91 Å². The SMILES string of the molecule is CCC(=O)N1CCN(C(=O)c2cc(S(=O)(=O)Nc3cccc(C)c3)ccc2C)CC1. The van der Waals surface area contributed by atoms with Gasteiger partial charge in [0.05, 0.1) is 4.90 Å². The number of rotatable bonds is 5. The quantitative estimate of drug-likeness (QED) is 0.792. The molecule has 7 nitrogen and oxygen atoms in total. The van der Waals surface area contributed by atoms with Crippen LogP contribution < -0.4 is 4.72 Å². The Hall–Kier alpha value is -2.87. The molecule has 0 atom stereocenters. The average Bonchev–Trinajstić information content (AvgIpc) is 2.72. The van der Waals surface area contributed by atoms with E-state index in [1.54, 1.807) is 41.0 Å². The van der Waals surface area contributed by atoms with Gasteiger partial charge in [-0.15, -0.1) is 0 Å². The molecule has 3 rings (SSSR count). The second-order valence-corrected chi connectivity index (χ2v) is 9.16. The number of anilines is 1. The summed E-state index contributed by atoms with van der Waals surface area (Å²) in [6, 6.07) is 11.7. The van der Waals surface area contributed by atoms with E-state index in [0.29, 0.717) is 49.4 Å². The Morgan fingerprint density at radius 2 is 1.63 bits per heavy atom. The molecule has 8 heteroatoms. The number of amides is 2. The van der Waals surface area contributed by atoms with Crippen LogP contribution in [0.4, 0.5) is 5.69 Å². The maximum atomic E-state index is 13.1. The zero-order chi connectivity index (χ0) is 21.9. The number of sulfonamides is 1. The summed E-state index contributed by atoms with van der Waals surface area (Å²) in [5.74, 6) is -0.141. The molecular formula is C22H27N3O4S. The molecule has 0 bridgehead atoms. The van der Waals surface area contributed by atoms with Crippen LogP contribution in [0.3, 0.4) is 0 Å². The van der Waals surface area contributed by atoms with Gasteiger partial charge in [0.15, 0.2) is 0 Å². The molecule has 2 aromatic carbocycles. The molecule has 1 heterocycles. The van der Waals surface area contributed by atoms with Crippen LogP contribution >= 0.6 is 0 Å². The zero-order valence-electron chi connectivity index (χ0n) is 17.5. The van der Waals surface area contributed by atoms with E-state index >= 15 is 0 Å². The van der Waals surface area contributed by atoms with Gasteiger partial charge in [-0.2, -0.15) is 0 Å². The molecule has 1 aliphatic heterocycles. The van der Waals surface area contributed by atoms with Crippen molar-refractivity contribution >= 4 is 27.5 Å². The Balaban J connectivity index is 1.79. The molecule has 1 N–H and O–H groups in total. The summed E-state index contributed by atoms with van der Waals surface area (Å²) in [7, 11) is -3.83. The first-order valence-electron chi connectivity index (χ1n) is 9.98. The van der Waals surface area contributed by atoms with Crippen molar-refractivity contribution in [1.29, 1.82) is 0 Å². The number of nitrogens with zero attached hydrogens (tertiary/aromatic N) is 2. The topological polar surface area (TPSA) is 86.8 Å². The third-order valence-corrected chi connectivity index (χ3v) is 6.62. The molecule has 0 radical (unpaired) electrons. The van der Waals surface area contributed by atoms with E-state index in [4.69, 9.17) is 0 Å². The average molecular weight is 430 g/mol. The Morgan fingerprint density at radius 3 is 2.27 bits per heavy atom. The van der Waals surface area contributed by atoms with Crippen molar-refractivity contribution in [3.63, 3.8) is 0 Å². The summed E-state index contributed by atoms with van der Waals surface area (Å²) in [6.45, 7) is 7.34. The minimum absolute atomic E-state index is 0.0396. The molecule has 0 aromatic heterocycles. The predicted molar refractivity (Wildman–Crippen MR) is 116 cm³/mol. The van der Waals surface area contributed by atoms with Gasteiger partial charge >= 0.3 is 0 Å². The number of piperazine rings is 1. The lowest BCUT2D eigenvalue weighted by atomic mass is 10.1. The van der Waals surface area contributed by atoms with Gasteiger partial charge in [0.1, 0.15) is 0 Å². The minimum Gasteiger partial charge on any atom is -0.339 e. The first kappa shape index (κ1) is 21.8. The van der Waals surface area contributed by atoms with Gasteiger partial charge < -0.3 is 9.80 Å². The summed E-state index contributed by atoms with van der Waals surface area (Å²) in [5.41, 5.74) is 2.48. The second-order valence-electron chi connectivity index (χ2n) is 7.48. The van der Waals surface area contributed by atoms with Crippen LogP contribution in [0.5, 0.6) is 0 Å². The highest BCUT2D eigenvalue weighted by Gasteiger charge is 2.26. The fourth-order valence-electron chi connectivity index (χ4n) is 3.47. The normalized spacial score (nSPS) is 14.5. The van der Waals surface area contributed by atoms with Gasteiger partial charge in [-0.1, -0.05) is 25.1 Å². The van der Waals surface area contributed by atoms with Crippen LogP contribution in [0, 0.1) is 13.8 Å². The van der Waals surface area contributed by atoms with Crippen LogP contribution in [-0.4, -0.2) is 56.2 Å². The fourth-order valence-corrected chi connectivity index (χ4v) is 4.55. The van der Waals surface area contributed by atoms with E-state index in [0.717, 1.165) is 5.56 Å². The Labute approximate surface area is 177 Å². The lowest BCUT2D eigenvalue weighted by Crippen LogP contribution is -2.50. The molecule has 1 saturated heterocycles. The van der Waals surface area contributed by atoms with Crippen LogP contribution in [-0.2, 0) is 14.8 Å². The third kappa shape index (κ3) is 4.81. The summed E-state index contributed by atoms with van der Waals surface area (Å²) >= 11 is 0. The van der Waals surface area contributed by atoms with Crippen molar-refractivity contribution in [2.45, 2.75) is 32.1 Å². The Kier molecular flexibility index (Phi) is 6.45. The molecule has 1 aliphatic rings. The summed E-state index contributed by atoms with van der Waals surface area (Å²) in [5, 5.41) is 0. The van der Waals surface area contributed by atoms with Crippen LogP contribution in [0.2, 0.25) is 0 Å². The summed E-state index contributed by atoms with van der Waals surface area (Å²) < 4.78 is 28.3. The first-order valence-corrected chi connectivity index (χ1v) is 11.5. The largest absolute Gasteiger partial charge is 0.339 e. The number of hydrogen-bond acceptors (Lipinski definition) is 4. The van der Waals surface area contributed by atoms with Gasteiger partial charge in [-0.3, -0.25) is 14.3 Å². The zero-order valence-corrected chi connectivity index (χ0v) is 18.3. The fraction of sp³-hybridized carbons (Fsp3) is 0.364. The molecule has 160 valence electrons. The van der Waals surface area contributed by atoms with Crippen molar-refractivity contribution in [2.75, 3.05) is 30.9 Å². The highest BCUT2D eigenvalue weighted by Crippen LogP contribution is 2.21. The van der Waals surface area contributed by atoms with Crippen molar-refractivity contribution in [2.24, 2.45) is 0 Å². The summed E-state index contributed by atoms with van der Waals surface area (Å²) in [4.78, 5) is 28.4. The Bertz CT molecular complexity index is 1060. The maximum Gasteiger partial charge on any atom is 0.261 e. The number of hydrogen-bond donors (Lipinski definition) is 1. The van der Waals surface area contributed by atoms with E-state index in [1.807, 2.05) is 19.9 Å². The van der Waals surface area contributed by atoms with Gasteiger partial charge in [-0.05, 0) is 49.2 Å². The first-order chi connectivity index (χ1) is 14.2. The van der Waals surface area contributed by atoms with E-state index in [9.17, 15) is 18.0 Å². The number of carbonyl (C=O) groups is 2. The molecular weight excluding hydrogens is 402 g/mol. The van der Waals surface area contributed by atoms with E-state index in [2.05, 4.69) is 4.72 Å². The van der Waals surface area contributed by atoms with Crippen molar-refractivity contribution < 1.29 is 18.0 Å². The van der Waals surface area contributed by atoms with E-state index in [1.165, 1.54) is 12.1 Å². The van der Waals surface area contributed by atoms with Crippen molar-refractivity contribution in [3.8, 4) is 0 Å². The molecule has 1 fully saturated rings. The third-order valence-electron chi connectivity index (χ3n) is 5.24. The van der Waals surface area contributed by atoms with Crippen LogP contribution in [0.15, 0.2) is 47.4 Å². The highest BCUT2D eigenvalue weighted by molar-refractivity contribution is 7.92. The lowest BCUT2D eigenvalue weighted by Gasteiger charge is -2.35.